The molecule has 0 aliphatic heterocycles. The Morgan fingerprint density at radius 2 is 1.57 bits per heavy atom. The highest BCUT2D eigenvalue weighted by Crippen LogP contribution is 2.27. The predicted octanol–water partition coefficient (Wildman–Crippen LogP) is 3.96. The van der Waals surface area contributed by atoms with Crippen LogP contribution >= 0.6 is 0 Å². The Morgan fingerprint density at radius 1 is 0.857 bits per heavy atom. The van der Waals surface area contributed by atoms with Gasteiger partial charge < -0.3 is 9.47 Å². The molecular weight excluding hydrogens is 262 g/mol. The molecule has 3 nitrogen and oxygen atoms in total. The summed E-state index contributed by atoms with van der Waals surface area (Å²) in [6, 6.07) is 18.2. The molecule has 2 aromatic carbocycles. The SMILES string of the molecule is COCc1ncc(OCc2ccccc2)c2ccccc12. The van der Waals surface area contributed by atoms with Gasteiger partial charge in [-0.25, -0.2) is 0 Å². The summed E-state index contributed by atoms with van der Waals surface area (Å²) in [4.78, 5) is 4.46. The largest absolute Gasteiger partial charge is 0.487 e. The Balaban J connectivity index is 1.90. The Hall–Kier alpha value is -2.39. The van der Waals surface area contributed by atoms with Crippen molar-refractivity contribution in [3.05, 3.63) is 72.1 Å². The van der Waals surface area contributed by atoms with E-state index in [9.17, 15) is 0 Å². The molecule has 3 heteroatoms. The van der Waals surface area contributed by atoms with Gasteiger partial charge in [-0.15, -0.1) is 0 Å². The van der Waals surface area contributed by atoms with Crippen LogP contribution in [0.25, 0.3) is 10.8 Å². The third-order valence-electron chi connectivity index (χ3n) is 3.36. The van der Waals surface area contributed by atoms with Crippen molar-refractivity contribution in [3.63, 3.8) is 0 Å². The molecule has 0 aliphatic carbocycles. The Bertz CT molecular complexity index is 726. The van der Waals surface area contributed by atoms with Crippen LogP contribution in [-0.4, -0.2) is 12.1 Å². The van der Waals surface area contributed by atoms with E-state index in [0.717, 1.165) is 27.8 Å². The average Bonchev–Trinajstić information content (AvgIpc) is 2.55. The lowest BCUT2D eigenvalue weighted by molar-refractivity contribution is 0.182. The Morgan fingerprint density at radius 3 is 2.33 bits per heavy atom. The smallest absolute Gasteiger partial charge is 0.145 e. The van der Waals surface area contributed by atoms with E-state index < -0.39 is 0 Å². The Labute approximate surface area is 124 Å². The maximum Gasteiger partial charge on any atom is 0.145 e. The molecule has 3 aromatic rings. The van der Waals surface area contributed by atoms with E-state index in [1.807, 2.05) is 36.4 Å². The van der Waals surface area contributed by atoms with Crippen LogP contribution in [0, 0.1) is 0 Å². The maximum atomic E-state index is 5.94. The van der Waals surface area contributed by atoms with Crippen LogP contribution in [0.1, 0.15) is 11.3 Å². The van der Waals surface area contributed by atoms with E-state index in [4.69, 9.17) is 9.47 Å². The van der Waals surface area contributed by atoms with Gasteiger partial charge in [-0.2, -0.15) is 0 Å². The van der Waals surface area contributed by atoms with Crippen LogP contribution in [0.5, 0.6) is 5.75 Å². The van der Waals surface area contributed by atoms with Crippen molar-refractivity contribution in [1.29, 1.82) is 0 Å². The minimum Gasteiger partial charge on any atom is -0.487 e. The number of rotatable bonds is 5. The highest BCUT2D eigenvalue weighted by atomic mass is 16.5. The lowest BCUT2D eigenvalue weighted by Gasteiger charge is -2.11. The van der Waals surface area contributed by atoms with Crippen LogP contribution in [-0.2, 0) is 18.0 Å². The van der Waals surface area contributed by atoms with Gasteiger partial charge in [-0.05, 0) is 5.56 Å². The van der Waals surface area contributed by atoms with Gasteiger partial charge in [0.1, 0.15) is 12.4 Å². The lowest BCUT2D eigenvalue weighted by atomic mass is 10.1. The second-order valence-corrected chi connectivity index (χ2v) is 4.82. The number of ether oxygens (including phenoxy) is 2. The van der Waals surface area contributed by atoms with Crippen molar-refractivity contribution in [1.82, 2.24) is 4.98 Å². The summed E-state index contributed by atoms with van der Waals surface area (Å²) >= 11 is 0. The van der Waals surface area contributed by atoms with Crippen molar-refractivity contribution < 1.29 is 9.47 Å². The summed E-state index contributed by atoms with van der Waals surface area (Å²) in [6.07, 6.45) is 1.78. The maximum absolute atomic E-state index is 5.94. The van der Waals surface area contributed by atoms with Crippen LogP contribution in [0.4, 0.5) is 0 Å². The molecule has 21 heavy (non-hydrogen) atoms. The summed E-state index contributed by atoms with van der Waals surface area (Å²) in [5.74, 6) is 0.800. The molecule has 0 amide bonds. The molecule has 3 rings (SSSR count). The van der Waals surface area contributed by atoms with Crippen LogP contribution in [0.2, 0.25) is 0 Å². The third-order valence-corrected chi connectivity index (χ3v) is 3.36. The van der Waals surface area contributed by atoms with E-state index in [-0.39, 0.29) is 0 Å². The highest BCUT2D eigenvalue weighted by molar-refractivity contribution is 5.89. The second kappa shape index (κ2) is 6.37. The zero-order valence-corrected chi connectivity index (χ0v) is 12.0. The van der Waals surface area contributed by atoms with Crippen molar-refractivity contribution in [3.8, 4) is 5.75 Å². The topological polar surface area (TPSA) is 31.4 Å². The first-order valence-electron chi connectivity index (χ1n) is 6.91. The van der Waals surface area contributed by atoms with Crippen LogP contribution < -0.4 is 4.74 Å². The van der Waals surface area contributed by atoms with Crippen molar-refractivity contribution in [2.24, 2.45) is 0 Å². The minimum absolute atomic E-state index is 0.499. The van der Waals surface area contributed by atoms with Gasteiger partial charge in [0, 0.05) is 17.9 Å². The fraction of sp³-hybridized carbons (Fsp3) is 0.167. The number of hydrogen-bond acceptors (Lipinski definition) is 3. The molecule has 0 N–H and O–H groups in total. The molecule has 0 radical (unpaired) electrons. The summed E-state index contributed by atoms with van der Waals surface area (Å²) in [5.41, 5.74) is 2.07. The number of benzene rings is 2. The van der Waals surface area contributed by atoms with Crippen molar-refractivity contribution >= 4 is 10.8 Å². The fourth-order valence-corrected chi connectivity index (χ4v) is 2.33. The van der Waals surface area contributed by atoms with Gasteiger partial charge in [0.2, 0.25) is 0 Å². The molecule has 1 heterocycles. The molecule has 0 atom stereocenters. The summed E-state index contributed by atoms with van der Waals surface area (Å²) in [6.45, 7) is 1.04. The molecule has 1 aromatic heterocycles. The lowest BCUT2D eigenvalue weighted by Crippen LogP contribution is -1.99. The highest BCUT2D eigenvalue weighted by Gasteiger charge is 2.08. The molecule has 0 aliphatic rings. The number of hydrogen-bond donors (Lipinski definition) is 0. The van der Waals surface area contributed by atoms with Crippen molar-refractivity contribution in [2.75, 3.05) is 7.11 Å². The van der Waals surface area contributed by atoms with Gasteiger partial charge in [-0.1, -0.05) is 54.6 Å². The minimum atomic E-state index is 0.499. The number of pyridine rings is 1. The van der Waals surface area contributed by atoms with E-state index in [1.165, 1.54) is 0 Å². The van der Waals surface area contributed by atoms with Gasteiger partial charge >= 0.3 is 0 Å². The molecule has 106 valence electrons. The molecular formula is C18H17NO2. The molecule has 0 bridgehead atoms. The molecule has 0 fully saturated rings. The van der Waals surface area contributed by atoms with E-state index >= 15 is 0 Å². The standard InChI is InChI=1S/C18H17NO2/c1-20-13-17-15-9-5-6-10-16(15)18(11-19-17)21-12-14-7-3-2-4-8-14/h2-11H,12-13H2,1H3. The molecule has 0 saturated carbocycles. The zero-order valence-electron chi connectivity index (χ0n) is 12.0. The van der Waals surface area contributed by atoms with E-state index in [1.54, 1.807) is 13.3 Å². The fourth-order valence-electron chi connectivity index (χ4n) is 2.33. The molecule has 0 unspecified atom stereocenters. The first-order valence-corrected chi connectivity index (χ1v) is 6.91. The van der Waals surface area contributed by atoms with Crippen molar-refractivity contribution in [2.45, 2.75) is 13.2 Å². The molecule has 0 spiro atoms. The number of methoxy groups -OCH3 is 1. The monoisotopic (exact) mass is 279 g/mol. The van der Waals surface area contributed by atoms with Crippen LogP contribution in [0.15, 0.2) is 60.8 Å². The first-order chi connectivity index (χ1) is 10.4. The van der Waals surface area contributed by atoms with E-state index in [2.05, 4.69) is 23.2 Å². The van der Waals surface area contributed by atoms with E-state index in [0.29, 0.717) is 13.2 Å². The normalized spacial score (nSPS) is 10.7. The van der Waals surface area contributed by atoms with Crippen LogP contribution in [0.3, 0.4) is 0 Å². The molecule has 0 saturated heterocycles. The quantitative estimate of drug-likeness (QED) is 0.708. The number of aromatic nitrogens is 1. The third kappa shape index (κ3) is 3.03. The summed E-state index contributed by atoms with van der Waals surface area (Å²) < 4.78 is 11.1. The van der Waals surface area contributed by atoms with Gasteiger partial charge in [0.15, 0.2) is 0 Å². The predicted molar refractivity (Wildman–Crippen MR) is 83.2 cm³/mol. The Kier molecular flexibility index (Phi) is 4.12. The number of fused-ring (bicyclic) bond motifs is 1. The summed E-state index contributed by atoms with van der Waals surface area (Å²) in [7, 11) is 1.68. The van der Waals surface area contributed by atoms with Gasteiger partial charge in [0.05, 0.1) is 18.5 Å². The van der Waals surface area contributed by atoms with Gasteiger partial charge in [0.25, 0.3) is 0 Å². The average molecular weight is 279 g/mol. The second-order valence-electron chi connectivity index (χ2n) is 4.82. The first kappa shape index (κ1) is 13.6. The number of nitrogens with zero attached hydrogens (tertiary/aromatic N) is 1. The summed E-state index contributed by atoms with van der Waals surface area (Å²) in [5, 5.41) is 2.14. The zero-order chi connectivity index (χ0) is 14.5. The van der Waals surface area contributed by atoms with Gasteiger partial charge in [-0.3, -0.25) is 4.98 Å².